The van der Waals surface area contributed by atoms with Gasteiger partial charge in [-0.1, -0.05) is 0 Å². The predicted molar refractivity (Wildman–Crippen MR) is 84.1 cm³/mol. The first kappa shape index (κ1) is 14.7. The SMILES string of the molecule is O=C(CN1CCOC1=O)Nc1ccc(N2CCCCC2)cc1. The summed E-state index contributed by atoms with van der Waals surface area (Å²) in [6.07, 6.45) is 3.37. The van der Waals surface area contributed by atoms with Crippen LogP contribution in [0.3, 0.4) is 0 Å². The second kappa shape index (κ2) is 6.68. The van der Waals surface area contributed by atoms with Gasteiger partial charge in [0.25, 0.3) is 0 Å². The molecule has 1 aromatic carbocycles. The molecule has 6 heteroatoms. The van der Waals surface area contributed by atoms with E-state index in [0.29, 0.717) is 13.2 Å². The van der Waals surface area contributed by atoms with Gasteiger partial charge in [0, 0.05) is 24.5 Å². The molecule has 2 amide bonds. The van der Waals surface area contributed by atoms with Crippen LogP contribution in [0, 0.1) is 0 Å². The van der Waals surface area contributed by atoms with E-state index in [9.17, 15) is 9.59 Å². The Morgan fingerprint density at radius 3 is 2.45 bits per heavy atom. The Hall–Kier alpha value is -2.24. The minimum atomic E-state index is -0.421. The van der Waals surface area contributed by atoms with Crippen molar-refractivity contribution < 1.29 is 14.3 Å². The van der Waals surface area contributed by atoms with Crippen LogP contribution in [0.2, 0.25) is 0 Å². The number of carbonyl (C=O) groups is 2. The molecule has 6 nitrogen and oxygen atoms in total. The normalized spacial score (nSPS) is 18.3. The number of hydrogen-bond acceptors (Lipinski definition) is 4. The van der Waals surface area contributed by atoms with Crippen LogP contribution >= 0.6 is 0 Å². The van der Waals surface area contributed by atoms with Gasteiger partial charge in [-0.2, -0.15) is 0 Å². The molecular weight excluding hydrogens is 282 g/mol. The maximum atomic E-state index is 11.9. The molecule has 118 valence electrons. The number of hydrogen-bond donors (Lipinski definition) is 1. The minimum absolute atomic E-state index is 0.0344. The van der Waals surface area contributed by atoms with Crippen LogP contribution in [0.25, 0.3) is 0 Å². The smallest absolute Gasteiger partial charge is 0.410 e. The first-order chi connectivity index (χ1) is 10.7. The third-order valence-electron chi connectivity index (χ3n) is 4.05. The van der Waals surface area contributed by atoms with Gasteiger partial charge in [-0.05, 0) is 43.5 Å². The fourth-order valence-corrected chi connectivity index (χ4v) is 2.85. The Bertz CT molecular complexity index is 538. The van der Waals surface area contributed by atoms with Gasteiger partial charge in [0.1, 0.15) is 13.2 Å². The summed E-state index contributed by atoms with van der Waals surface area (Å²) in [5, 5.41) is 2.81. The molecule has 2 saturated heterocycles. The van der Waals surface area contributed by atoms with Crippen molar-refractivity contribution in [1.82, 2.24) is 4.90 Å². The lowest BCUT2D eigenvalue weighted by Crippen LogP contribution is -2.33. The second-order valence-electron chi connectivity index (χ2n) is 5.68. The largest absolute Gasteiger partial charge is 0.448 e. The fraction of sp³-hybridized carbons (Fsp3) is 0.500. The van der Waals surface area contributed by atoms with Crippen LogP contribution < -0.4 is 10.2 Å². The molecule has 0 bridgehead atoms. The highest BCUT2D eigenvalue weighted by atomic mass is 16.6. The number of carbonyl (C=O) groups excluding carboxylic acids is 2. The summed E-state index contributed by atoms with van der Waals surface area (Å²) in [5.74, 6) is -0.204. The highest BCUT2D eigenvalue weighted by Crippen LogP contribution is 2.21. The van der Waals surface area contributed by atoms with E-state index in [1.54, 1.807) is 0 Å². The molecule has 2 heterocycles. The fourth-order valence-electron chi connectivity index (χ4n) is 2.85. The average molecular weight is 303 g/mol. The van der Waals surface area contributed by atoms with Crippen LogP contribution in [0.4, 0.5) is 16.2 Å². The number of anilines is 2. The molecule has 2 fully saturated rings. The van der Waals surface area contributed by atoms with Crippen LogP contribution in [0.5, 0.6) is 0 Å². The number of rotatable bonds is 4. The summed E-state index contributed by atoms with van der Waals surface area (Å²) in [6.45, 7) is 3.06. The molecule has 1 aromatic rings. The Morgan fingerprint density at radius 2 is 1.82 bits per heavy atom. The summed E-state index contributed by atoms with van der Waals surface area (Å²) >= 11 is 0. The molecule has 0 atom stereocenters. The van der Waals surface area contributed by atoms with Crippen molar-refractivity contribution in [2.24, 2.45) is 0 Å². The van der Waals surface area contributed by atoms with Crippen LogP contribution in [0.1, 0.15) is 19.3 Å². The van der Waals surface area contributed by atoms with E-state index in [1.807, 2.05) is 24.3 Å². The zero-order valence-electron chi connectivity index (χ0n) is 12.6. The summed E-state index contributed by atoms with van der Waals surface area (Å²) < 4.78 is 4.80. The van der Waals surface area contributed by atoms with E-state index < -0.39 is 6.09 Å². The lowest BCUT2D eigenvalue weighted by molar-refractivity contribution is -0.116. The molecule has 0 saturated carbocycles. The molecular formula is C16H21N3O3. The number of ether oxygens (including phenoxy) is 1. The molecule has 2 aliphatic rings. The molecule has 0 unspecified atom stereocenters. The van der Waals surface area contributed by atoms with E-state index in [4.69, 9.17) is 4.74 Å². The highest BCUT2D eigenvalue weighted by Gasteiger charge is 2.24. The second-order valence-corrected chi connectivity index (χ2v) is 5.68. The van der Waals surface area contributed by atoms with Crippen molar-refractivity contribution in [2.75, 3.05) is 43.0 Å². The lowest BCUT2D eigenvalue weighted by atomic mass is 10.1. The molecule has 0 spiro atoms. The third kappa shape index (κ3) is 3.50. The van der Waals surface area contributed by atoms with Gasteiger partial charge in [-0.25, -0.2) is 4.79 Å². The van der Waals surface area contributed by atoms with Crippen LogP contribution in [-0.4, -0.2) is 49.7 Å². The Kier molecular flexibility index (Phi) is 4.46. The Morgan fingerprint density at radius 1 is 1.09 bits per heavy atom. The van der Waals surface area contributed by atoms with Gasteiger partial charge in [0.2, 0.25) is 5.91 Å². The number of piperidine rings is 1. The molecule has 3 rings (SSSR count). The maximum Gasteiger partial charge on any atom is 0.410 e. The van der Waals surface area contributed by atoms with Crippen molar-refractivity contribution in [3.63, 3.8) is 0 Å². The van der Waals surface area contributed by atoms with Gasteiger partial charge in [-0.3, -0.25) is 9.69 Å². The number of amides is 2. The quantitative estimate of drug-likeness (QED) is 0.925. The summed E-state index contributed by atoms with van der Waals surface area (Å²) in [7, 11) is 0. The third-order valence-corrected chi connectivity index (χ3v) is 4.05. The van der Waals surface area contributed by atoms with Crippen molar-refractivity contribution >= 4 is 23.4 Å². The van der Waals surface area contributed by atoms with Gasteiger partial charge in [0.15, 0.2) is 0 Å². The zero-order valence-corrected chi connectivity index (χ0v) is 12.6. The monoisotopic (exact) mass is 303 g/mol. The number of benzene rings is 1. The predicted octanol–water partition coefficient (Wildman–Crippen LogP) is 2.07. The van der Waals surface area contributed by atoms with Crippen LogP contribution in [0.15, 0.2) is 24.3 Å². The zero-order chi connectivity index (χ0) is 15.4. The number of nitrogens with one attached hydrogen (secondary N) is 1. The maximum absolute atomic E-state index is 11.9. The van der Waals surface area contributed by atoms with Crippen molar-refractivity contribution in [2.45, 2.75) is 19.3 Å². The van der Waals surface area contributed by atoms with Crippen molar-refractivity contribution in [1.29, 1.82) is 0 Å². The van der Waals surface area contributed by atoms with E-state index in [2.05, 4.69) is 10.2 Å². The lowest BCUT2D eigenvalue weighted by Gasteiger charge is -2.28. The first-order valence-corrected chi connectivity index (χ1v) is 7.79. The molecule has 0 radical (unpaired) electrons. The van der Waals surface area contributed by atoms with E-state index in [-0.39, 0.29) is 12.5 Å². The Labute approximate surface area is 130 Å². The topological polar surface area (TPSA) is 61.9 Å². The average Bonchev–Trinajstić information content (AvgIpc) is 2.94. The van der Waals surface area contributed by atoms with Gasteiger partial charge < -0.3 is 15.0 Å². The number of cyclic esters (lactones) is 1. The minimum Gasteiger partial charge on any atom is -0.448 e. The standard InChI is InChI=1S/C16H21N3O3/c20-15(12-19-10-11-22-16(19)21)17-13-4-6-14(7-5-13)18-8-2-1-3-9-18/h4-7H,1-3,8-12H2,(H,17,20). The van der Waals surface area contributed by atoms with Crippen molar-refractivity contribution in [3.8, 4) is 0 Å². The highest BCUT2D eigenvalue weighted by molar-refractivity contribution is 5.94. The molecule has 0 aromatic heterocycles. The summed E-state index contributed by atoms with van der Waals surface area (Å²) in [4.78, 5) is 27.0. The molecule has 2 aliphatic heterocycles. The van der Waals surface area contributed by atoms with E-state index in [0.717, 1.165) is 18.8 Å². The van der Waals surface area contributed by atoms with Gasteiger partial charge >= 0.3 is 6.09 Å². The van der Waals surface area contributed by atoms with E-state index >= 15 is 0 Å². The Balaban J connectivity index is 1.54. The summed E-state index contributed by atoms with van der Waals surface area (Å²) in [5.41, 5.74) is 1.94. The molecule has 0 aliphatic carbocycles. The summed E-state index contributed by atoms with van der Waals surface area (Å²) in [6, 6.07) is 7.88. The van der Waals surface area contributed by atoms with Gasteiger partial charge in [-0.15, -0.1) is 0 Å². The van der Waals surface area contributed by atoms with Gasteiger partial charge in [0.05, 0.1) is 6.54 Å². The first-order valence-electron chi connectivity index (χ1n) is 7.79. The number of nitrogens with zero attached hydrogens (tertiary/aromatic N) is 2. The van der Waals surface area contributed by atoms with Crippen molar-refractivity contribution in [3.05, 3.63) is 24.3 Å². The van der Waals surface area contributed by atoms with Crippen LogP contribution in [-0.2, 0) is 9.53 Å². The van der Waals surface area contributed by atoms with E-state index in [1.165, 1.54) is 29.8 Å². The molecule has 22 heavy (non-hydrogen) atoms. The molecule has 1 N–H and O–H groups in total.